The minimum Gasteiger partial charge on any atom is -0.210 e. The minimum absolute atomic E-state index is 0.107. The van der Waals surface area contributed by atoms with Crippen molar-refractivity contribution in [2.24, 2.45) is 5.92 Å². The van der Waals surface area contributed by atoms with Crippen LogP contribution in [0.1, 0.15) is 26.7 Å². The smallest absolute Gasteiger partial charge is 0.210 e. The van der Waals surface area contributed by atoms with Gasteiger partial charge in [0.1, 0.15) is 0 Å². The summed E-state index contributed by atoms with van der Waals surface area (Å²) < 4.78 is 26.9. The van der Waals surface area contributed by atoms with Crippen LogP contribution >= 0.6 is 39.1 Å². The zero-order valence-corrected chi connectivity index (χ0v) is 15.3. The van der Waals surface area contributed by atoms with Crippen LogP contribution in [-0.2, 0) is 10.0 Å². The molecule has 0 fully saturated rings. The standard InChI is InChI=1S/C13H18BrCl2NO2S/c1-3-9(4-2)11(14)8-17-20(18,19)10-5-6-12(15)13(16)7-10/h5-7,9,11,17H,3-4,8H2,1-2H3. The van der Waals surface area contributed by atoms with Gasteiger partial charge in [0, 0.05) is 11.4 Å². The molecule has 1 aromatic rings. The van der Waals surface area contributed by atoms with E-state index in [4.69, 9.17) is 23.2 Å². The van der Waals surface area contributed by atoms with Crippen molar-refractivity contribution in [2.75, 3.05) is 6.54 Å². The maximum absolute atomic E-state index is 12.2. The van der Waals surface area contributed by atoms with Crippen molar-refractivity contribution < 1.29 is 8.42 Å². The lowest BCUT2D eigenvalue weighted by atomic mass is 10.00. The van der Waals surface area contributed by atoms with E-state index in [1.54, 1.807) is 0 Å². The van der Waals surface area contributed by atoms with E-state index in [2.05, 4.69) is 34.5 Å². The average molecular weight is 403 g/mol. The first kappa shape index (κ1) is 18.2. The van der Waals surface area contributed by atoms with E-state index >= 15 is 0 Å². The molecule has 1 atom stereocenters. The molecule has 20 heavy (non-hydrogen) atoms. The highest BCUT2D eigenvalue weighted by Crippen LogP contribution is 2.25. The topological polar surface area (TPSA) is 46.2 Å². The van der Waals surface area contributed by atoms with Crippen molar-refractivity contribution >= 4 is 49.2 Å². The first-order chi connectivity index (χ1) is 9.31. The van der Waals surface area contributed by atoms with Crippen LogP contribution in [0.5, 0.6) is 0 Å². The van der Waals surface area contributed by atoms with Crippen molar-refractivity contribution in [2.45, 2.75) is 36.4 Å². The van der Waals surface area contributed by atoms with Gasteiger partial charge in [0.2, 0.25) is 10.0 Å². The van der Waals surface area contributed by atoms with E-state index in [0.717, 1.165) is 12.8 Å². The third-order valence-electron chi connectivity index (χ3n) is 3.23. The van der Waals surface area contributed by atoms with Gasteiger partial charge < -0.3 is 0 Å². The summed E-state index contributed by atoms with van der Waals surface area (Å²) >= 11 is 15.2. The quantitative estimate of drug-likeness (QED) is 0.683. The van der Waals surface area contributed by atoms with E-state index in [9.17, 15) is 8.42 Å². The highest BCUT2D eigenvalue weighted by Gasteiger charge is 2.20. The Bertz CT molecular complexity index is 547. The van der Waals surface area contributed by atoms with Gasteiger partial charge in [-0.3, -0.25) is 0 Å². The Balaban J connectivity index is 2.77. The highest BCUT2D eigenvalue weighted by atomic mass is 79.9. The van der Waals surface area contributed by atoms with Gasteiger partial charge in [-0.1, -0.05) is 65.8 Å². The summed E-state index contributed by atoms with van der Waals surface area (Å²) in [6.45, 7) is 4.53. The van der Waals surface area contributed by atoms with Crippen LogP contribution < -0.4 is 4.72 Å². The van der Waals surface area contributed by atoms with E-state index < -0.39 is 10.0 Å². The Morgan fingerprint density at radius 3 is 2.30 bits per heavy atom. The van der Waals surface area contributed by atoms with Crippen molar-refractivity contribution in [3.8, 4) is 0 Å². The molecule has 7 heteroatoms. The molecule has 0 aliphatic heterocycles. The van der Waals surface area contributed by atoms with E-state index in [-0.39, 0.29) is 14.7 Å². The molecule has 0 amide bonds. The summed E-state index contributed by atoms with van der Waals surface area (Å²) in [5.74, 6) is 0.437. The molecule has 0 heterocycles. The second kappa shape index (κ2) is 7.99. The maximum atomic E-state index is 12.2. The number of alkyl halides is 1. The van der Waals surface area contributed by atoms with Gasteiger partial charge >= 0.3 is 0 Å². The molecule has 1 N–H and O–H groups in total. The number of nitrogens with one attached hydrogen (secondary N) is 1. The second-order valence-corrected chi connectivity index (χ2v) is 8.28. The lowest BCUT2D eigenvalue weighted by molar-refractivity contribution is 0.471. The van der Waals surface area contributed by atoms with Gasteiger partial charge in [0.15, 0.2) is 0 Å². The maximum Gasteiger partial charge on any atom is 0.240 e. The normalized spacial score (nSPS) is 13.7. The first-order valence-corrected chi connectivity index (χ1v) is 9.56. The molecular formula is C13H18BrCl2NO2S. The lowest BCUT2D eigenvalue weighted by Crippen LogP contribution is -2.33. The SMILES string of the molecule is CCC(CC)C(Br)CNS(=O)(=O)c1ccc(Cl)c(Cl)c1. The third kappa shape index (κ3) is 4.88. The van der Waals surface area contributed by atoms with Crippen LogP contribution in [0.3, 0.4) is 0 Å². The van der Waals surface area contributed by atoms with Crippen LogP contribution in [0.15, 0.2) is 23.1 Å². The second-order valence-electron chi connectivity index (χ2n) is 4.52. The van der Waals surface area contributed by atoms with Crippen LogP contribution in [0, 0.1) is 5.92 Å². The van der Waals surface area contributed by atoms with Crippen LogP contribution in [0.25, 0.3) is 0 Å². The lowest BCUT2D eigenvalue weighted by Gasteiger charge is -2.20. The van der Waals surface area contributed by atoms with Crippen LogP contribution in [-0.4, -0.2) is 19.8 Å². The fourth-order valence-corrected chi connectivity index (χ4v) is 4.46. The molecule has 0 aromatic heterocycles. The van der Waals surface area contributed by atoms with Crippen molar-refractivity contribution in [1.29, 1.82) is 0 Å². The molecule has 0 spiro atoms. The fraction of sp³-hybridized carbons (Fsp3) is 0.538. The van der Waals surface area contributed by atoms with Gasteiger partial charge in [-0.25, -0.2) is 13.1 Å². The van der Waals surface area contributed by atoms with Crippen molar-refractivity contribution in [3.05, 3.63) is 28.2 Å². The first-order valence-electron chi connectivity index (χ1n) is 6.40. The summed E-state index contributed by atoms with van der Waals surface area (Å²) in [6.07, 6.45) is 2.00. The van der Waals surface area contributed by atoms with Crippen LogP contribution in [0.2, 0.25) is 10.0 Å². The summed E-state index contributed by atoms with van der Waals surface area (Å²) in [5.41, 5.74) is 0. The minimum atomic E-state index is -3.57. The van der Waals surface area contributed by atoms with Gasteiger partial charge in [-0.05, 0) is 24.1 Å². The Hall–Kier alpha value is 0.190. The van der Waals surface area contributed by atoms with Gasteiger partial charge in [-0.15, -0.1) is 0 Å². The number of sulfonamides is 1. The molecule has 0 radical (unpaired) electrons. The van der Waals surface area contributed by atoms with Crippen molar-refractivity contribution in [3.63, 3.8) is 0 Å². The van der Waals surface area contributed by atoms with Crippen LogP contribution in [0.4, 0.5) is 0 Å². The molecule has 114 valence electrons. The highest BCUT2D eigenvalue weighted by molar-refractivity contribution is 9.09. The molecule has 0 aliphatic rings. The molecule has 1 aromatic carbocycles. The largest absolute Gasteiger partial charge is 0.240 e. The molecular weight excluding hydrogens is 385 g/mol. The Labute approximate surface area is 139 Å². The predicted molar refractivity (Wildman–Crippen MR) is 88.4 cm³/mol. The summed E-state index contributed by atoms with van der Waals surface area (Å²) in [5, 5.41) is 0.561. The zero-order valence-electron chi connectivity index (χ0n) is 11.4. The summed E-state index contributed by atoms with van der Waals surface area (Å²) in [4.78, 5) is 0.228. The third-order valence-corrected chi connectivity index (χ3v) is 6.46. The molecule has 0 aliphatic carbocycles. The molecule has 0 saturated carbocycles. The van der Waals surface area contributed by atoms with E-state index in [1.807, 2.05) is 0 Å². The molecule has 1 unspecified atom stereocenters. The molecule has 3 nitrogen and oxygen atoms in total. The number of rotatable bonds is 7. The van der Waals surface area contributed by atoms with Crippen molar-refractivity contribution in [1.82, 2.24) is 4.72 Å². The Morgan fingerprint density at radius 1 is 1.20 bits per heavy atom. The number of hydrogen-bond donors (Lipinski definition) is 1. The summed E-state index contributed by atoms with van der Waals surface area (Å²) in [6, 6.07) is 4.27. The molecule has 1 rings (SSSR count). The molecule has 0 saturated heterocycles. The van der Waals surface area contributed by atoms with Gasteiger partial charge in [0.05, 0.1) is 14.9 Å². The summed E-state index contributed by atoms with van der Waals surface area (Å²) in [7, 11) is -3.57. The molecule has 0 bridgehead atoms. The predicted octanol–water partition coefficient (Wildman–Crippen LogP) is 4.47. The number of halogens is 3. The Morgan fingerprint density at radius 2 is 1.80 bits per heavy atom. The monoisotopic (exact) mass is 401 g/mol. The average Bonchev–Trinajstić information content (AvgIpc) is 2.41. The van der Waals surface area contributed by atoms with E-state index in [1.165, 1.54) is 18.2 Å². The fourth-order valence-electron chi connectivity index (χ4n) is 1.88. The Kier molecular flexibility index (Phi) is 7.29. The van der Waals surface area contributed by atoms with Gasteiger partial charge in [0.25, 0.3) is 0 Å². The van der Waals surface area contributed by atoms with Gasteiger partial charge in [-0.2, -0.15) is 0 Å². The number of benzene rings is 1. The number of hydrogen-bond acceptors (Lipinski definition) is 2. The zero-order chi connectivity index (χ0) is 15.3. The van der Waals surface area contributed by atoms with E-state index in [0.29, 0.717) is 17.5 Å².